The van der Waals surface area contributed by atoms with Gasteiger partial charge in [0.25, 0.3) is 15.9 Å². The van der Waals surface area contributed by atoms with Crippen molar-refractivity contribution in [1.82, 2.24) is 9.97 Å². The number of aryl methyl sites for hydroxylation is 3. The molecule has 1 aromatic carbocycles. The molecule has 0 unspecified atom stereocenters. The molecule has 1 amide bonds. The second kappa shape index (κ2) is 7.92. The number of hydrogen-bond acceptors (Lipinski definition) is 7. The number of rotatable bonds is 6. The molecule has 0 fully saturated rings. The number of benzene rings is 1. The highest BCUT2D eigenvalue weighted by Crippen LogP contribution is 2.29. The molecule has 2 heterocycles. The number of carbonyl (C=O) groups is 1. The first-order chi connectivity index (χ1) is 13.7. The van der Waals surface area contributed by atoms with Gasteiger partial charge in [-0.05, 0) is 38.0 Å². The monoisotopic (exact) mass is 416 g/mol. The summed E-state index contributed by atoms with van der Waals surface area (Å²) >= 11 is 0. The lowest BCUT2D eigenvalue weighted by Crippen LogP contribution is -2.18. The molecule has 9 nitrogen and oxygen atoms in total. The number of nitrogens with one attached hydrogen (secondary N) is 2. The molecule has 3 rings (SSSR count). The molecule has 0 aliphatic heterocycles. The van der Waals surface area contributed by atoms with Gasteiger partial charge in [-0.1, -0.05) is 18.2 Å². The lowest BCUT2D eigenvalue weighted by Gasteiger charge is -2.15. The lowest BCUT2D eigenvalue weighted by atomic mass is 10.1. The maximum atomic E-state index is 13.0. The van der Waals surface area contributed by atoms with Crippen LogP contribution in [0.3, 0.4) is 0 Å². The molecule has 0 radical (unpaired) electrons. The van der Waals surface area contributed by atoms with Crippen molar-refractivity contribution in [2.45, 2.75) is 25.7 Å². The molecule has 0 saturated carbocycles. The van der Waals surface area contributed by atoms with Crippen molar-refractivity contribution in [3.63, 3.8) is 0 Å². The molecule has 0 spiro atoms. The molecule has 3 aromatic rings. The van der Waals surface area contributed by atoms with E-state index in [0.29, 0.717) is 11.4 Å². The summed E-state index contributed by atoms with van der Waals surface area (Å²) in [6.07, 6.45) is 2.45. The highest BCUT2D eigenvalue weighted by molar-refractivity contribution is 7.92. The summed E-state index contributed by atoms with van der Waals surface area (Å²) in [5, 5.41) is 2.55. The van der Waals surface area contributed by atoms with Crippen LogP contribution < -0.4 is 14.8 Å². The number of nitrogens with zero attached hydrogens (tertiary/aromatic N) is 2. The van der Waals surface area contributed by atoms with Crippen LogP contribution in [-0.4, -0.2) is 31.4 Å². The van der Waals surface area contributed by atoms with Crippen LogP contribution in [0.2, 0.25) is 0 Å². The van der Waals surface area contributed by atoms with Gasteiger partial charge in [-0.2, -0.15) is 0 Å². The average molecular weight is 416 g/mol. The van der Waals surface area contributed by atoms with E-state index in [4.69, 9.17) is 9.15 Å². The fourth-order valence-corrected chi connectivity index (χ4v) is 4.07. The summed E-state index contributed by atoms with van der Waals surface area (Å²) in [4.78, 5) is 20.0. The smallest absolute Gasteiger partial charge is 0.293 e. The number of ether oxygens (including phenoxy) is 1. The van der Waals surface area contributed by atoms with Crippen molar-refractivity contribution in [2.24, 2.45) is 0 Å². The Morgan fingerprint density at radius 3 is 2.41 bits per heavy atom. The van der Waals surface area contributed by atoms with Gasteiger partial charge in [0.05, 0.1) is 30.4 Å². The highest BCUT2D eigenvalue weighted by Gasteiger charge is 2.24. The Morgan fingerprint density at radius 1 is 1.14 bits per heavy atom. The van der Waals surface area contributed by atoms with E-state index in [-0.39, 0.29) is 22.2 Å². The summed E-state index contributed by atoms with van der Waals surface area (Å²) in [6, 6.07) is 6.71. The summed E-state index contributed by atoms with van der Waals surface area (Å²) in [6.45, 7) is 5.22. The van der Waals surface area contributed by atoms with E-state index in [0.717, 1.165) is 17.5 Å². The quantitative estimate of drug-likeness (QED) is 0.633. The molecular formula is C19H20N4O5S. The summed E-state index contributed by atoms with van der Waals surface area (Å²) < 4.78 is 38.8. The normalized spacial score (nSPS) is 11.2. The van der Waals surface area contributed by atoms with Gasteiger partial charge < -0.3 is 14.5 Å². The minimum atomic E-state index is -4.05. The fraction of sp³-hybridized carbons (Fsp3) is 0.211. The number of sulfonamides is 1. The molecule has 0 saturated heterocycles. The molecule has 0 aliphatic carbocycles. The van der Waals surface area contributed by atoms with E-state index < -0.39 is 15.9 Å². The van der Waals surface area contributed by atoms with Crippen LogP contribution in [-0.2, 0) is 10.0 Å². The molecule has 0 atom stereocenters. The highest BCUT2D eigenvalue weighted by atomic mass is 32.2. The molecule has 2 N–H and O–H groups in total. The van der Waals surface area contributed by atoms with Crippen molar-refractivity contribution in [3.05, 3.63) is 59.4 Å². The van der Waals surface area contributed by atoms with Crippen LogP contribution in [0.15, 0.2) is 46.2 Å². The average Bonchev–Trinajstić information content (AvgIpc) is 3.11. The zero-order valence-corrected chi connectivity index (χ0v) is 17.1. The topological polar surface area (TPSA) is 123 Å². The number of aromatic nitrogens is 2. The summed E-state index contributed by atoms with van der Waals surface area (Å²) in [7, 11) is -2.73. The minimum absolute atomic E-state index is 0.0267. The first-order valence-electron chi connectivity index (χ1n) is 8.57. The fourth-order valence-electron chi connectivity index (χ4n) is 2.72. The third-order valence-electron chi connectivity index (χ3n) is 4.23. The van der Waals surface area contributed by atoms with E-state index in [1.807, 2.05) is 6.07 Å². The first-order valence-corrected chi connectivity index (χ1v) is 10.1. The number of hydrogen-bond donors (Lipinski definition) is 2. The zero-order chi connectivity index (χ0) is 21.2. The summed E-state index contributed by atoms with van der Waals surface area (Å²) in [5.74, 6) is -0.644. The molecular weight excluding hydrogens is 396 g/mol. The van der Waals surface area contributed by atoms with E-state index in [9.17, 15) is 13.2 Å². The SMILES string of the molecule is COc1ncc(NC(=O)c2ocnc2C)cc1S(=O)(=O)Nc1c(C)cccc1C. The maximum absolute atomic E-state index is 13.0. The Kier molecular flexibility index (Phi) is 5.55. The molecule has 2 aromatic heterocycles. The van der Waals surface area contributed by atoms with E-state index in [2.05, 4.69) is 20.0 Å². The Balaban J connectivity index is 1.96. The maximum Gasteiger partial charge on any atom is 0.293 e. The van der Waals surface area contributed by atoms with Crippen LogP contribution in [0, 0.1) is 20.8 Å². The predicted octanol–water partition coefficient (Wildman–Crippen LogP) is 3.06. The van der Waals surface area contributed by atoms with E-state index >= 15 is 0 Å². The number of para-hydroxylation sites is 1. The largest absolute Gasteiger partial charge is 0.480 e. The number of methoxy groups -OCH3 is 1. The van der Waals surface area contributed by atoms with Gasteiger partial charge in [0, 0.05) is 0 Å². The number of amides is 1. The van der Waals surface area contributed by atoms with Crippen LogP contribution >= 0.6 is 0 Å². The first kappa shape index (κ1) is 20.3. The minimum Gasteiger partial charge on any atom is -0.480 e. The van der Waals surface area contributed by atoms with Crippen LogP contribution in [0.4, 0.5) is 11.4 Å². The van der Waals surface area contributed by atoms with Crippen LogP contribution in [0.1, 0.15) is 27.4 Å². The molecule has 152 valence electrons. The number of anilines is 2. The van der Waals surface area contributed by atoms with Crippen molar-refractivity contribution in [3.8, 4) is 5.88 Å². The lowest BCUT2D eigenvalue weighted by molar-refractivity contribution is 0.0995. The number of pyridine rings is 1. The Morgan fingerprint density at radius 2 is 1.83 bits per heavy atom. The van der Waals surface area contributed by atoms with Crippen molar-refractivity contribution in [1.29, 1.82) is 0 Å². The number of oxazole rings is 1. The van der Waals surface area contributed by atoms with Gasteiger partial charge >= 0.3 is 0 Å². The zero-order valence-electron chi connectivity index (χ0n) is 16.3. The van der Waals surface area contributed by atoms with Crippen LogP contribution in [0.25, 0.3) is 0 Å². The van der Waals surface area contributed by atoms with Gasteiger partial charge in [-0.3, -0.25) is 9.52 Å². The Labute approximate surface area is 168 Å². The summed E-state index contributed by atoms with van der Waals surface area (Å²) in [5.41, 5.74) is 2.58. The van der Waals surface area contributed by atoms with E-state index in [1.165, 1.54) is 19.4 Å². The number of carbonyl (C=O) groups excluding carboxylic acids is 1. The van der Waals surface area contributed by atoms with Crippen LogP contribution in [0.5, 0.6) is 5.88 Å². The molecule has 0 bridgehead atoms. The second-order valence-electron chi connectivity index (χ2n) is 6.32. The van der Waals surface area contributed by atoms with Gasteiger partial charge in [-0.15, -0.1) is 0 Å². The second-order valence-corrected chi connectivity index (χ2v) is 7.98. The predicted molar refractivity (Wildman–Crippen MR) is 107 cm³/mol. The molecule has 29 heavy (non-hydrogen) atoms. The third-order valence-corrected chi connectivity index (χ3v) is 5.57. The standard InChI is InChI=1S/C19H20N4O5S/c1-11-6-5-7-12(2)16(11)23-29(25,26)15-8-14(9-20-19(15)27-4)22-18(24)17-13(3)21-10-28-17/h5-10,23H,1-4H3,(H,22,24). The van der Waals surface area contributed by atoms with Gasteiger partial charge in [0.2, 0.25) is 11.6 Å². The molecule has 10 heteroatoms. The Hall–Kier alpha value is -3.40. The Bertz CT molecular complexity index is 1150. The van der Waals surface area contributed by atoms with Gasteiger partial charge in [0.15, 0.2) is 11.3 Å². The van der Waals surface area contributed by atoms with Gasteiger partial charge in [0.1, 0.15) is 0 Å². The third kappa shape index (κ3) is 4.21. The van der Waals surface area contributed by atoms with Crippen molar-refractivity contribution in [2.75, 3.05) is 17.1 Å². The van der Waals surface area contributed by atoms with E-state index in [1.54, 1.807) is 32.9 Å². The van der Waals surface area contributed by atoms with Crippen molar-refractivity contribution < 1.29 is 22.4 Å². The van der Waals surface area contributed by atoms with Crippen molar-refractivity contribution >= 4 is 27.3 Å². The van der Waals surface area contributed by atoms with Gasteiger partial charge in [-0.25, -0.2) is 18.4 Å². The molecule has 0 aliphatic rings.